The molecule has 0 atom stereocenters. The molecule has 102 valence electrons. The third-order valence-electron chi connectivity index (χ3n) is 4.15. The van der Waals surface area contributed by atoms with Crippen LogP contribution in [0.25, 0.3) is 10.2 Å². The van der Waals surface area contributed by atoms with E-state index in [4.69, 9.17) is 11.6 Å². The second kappa shape index (κ2) is 5.29. The van der Waals surface area contributed by atoms with Crippen molar-refractivity contribution in [2.24, 2.45) is 5.92 Å². The minimum Gasteiger partial charge on any atom is -0.355 e. The topological polar surface area (TPSA) is 24.9 Å². The average molecular weight is 295 g/mol. The van der Waals surface area contributed by atoms with Crippen molar-refractivity contribution >= 4 is 38.3 Å². The predicted molar refractivity (Wildman–Crippen MR) is 84.3 cm³/mol. The molecule has 1 fully saturated rings. The number of thiazole rings is 1. The van der Waals surface area contributed by atoms with Gasteiger partial charge in [-0.15, -0.1) is 11.6 Å². The summed E-state index contributed by atoms with van der Waals surface area (Å²) in [5.74, 6) is 1.49. The van der Waals surface area contributed by atoms with Crippen LogP contribution >= 0.6 is 22.9 Å². The number of nitrogens with one attached hydrogen (secondary N) is 1. The molecule has 0 aliphatic heterocycles. The lowest BCUT2D eigenvalue weighted by Crippen LogP contribution is -2.43. The Labute approximate surface area is 123 Å². The summed E-state index contributed by atoms with van der Waals surface area (Å²) in [5, 5.41) is 4.64. The molecule has 19 heavy (non-hydrogen) atoms. The molecule has 0 radical (unpaired) electrons. The van der Waals surface area contributed by atoms with Gasteiger partial charge in [0.2, 0.25) is 0 Å². The number of para-hydroxylation sites is 1. The molecule has 3 rings (SSSR count). The predicted octanol–water partition coefficient (Wildman–Crippen LogP) is 4.90. The highest BCUT2D eigenvalue weighted by atomic mass is 35.5. The van der Waals surface area contributed by atoms with Gasteiger partial charge >= 0.3 is 0 Å². The van der Waals surface area contributed by atoms with E-state index in [2.05, 4.69) is 35.4 Å². The Morgan fingerprint density at radius 1 is 1.37 bits per heavy atom. The van der Waals surface area contributed by atoms with Crippen LogP contribution in [-0.4, -0.2) is 16.4 Å². The van der Waals surface area contributed by atoms with Gasteiger partial charge in [0, 0.05) is 5.88 Å². The Kier molecular flexibility index (Phi) is 3.68. The molecule has 0 bridgehead atoms. The molecule has 0 saturated heterocycles. The number of alkyl halides is 1. The maximum Gasteiger partial charge on any atom is 0.184 e. The van der Waals surface area contributed by atoms with Gasteiger partial charge in [0.15, 0.2) is 5.13 Å². The lowest BCUT2D eigenvalue weighted by molar-refractivity contribution is 0.287. The molecule has 1 aliphatic rings. The number of anilines is 1. The normalized spacial score (nSPS) is 27.6. The molecule has 0 spiro atoms. The lowest BCUT2D eigenvalue weighted by atomic mass is 9.78. The Morgan fingerprint density at radius 3 is 2.79 bits per heavy atom. The molecule has 1 aromatic heterocycles. The van der Waals surface area contributed by atoms with E-state index in [0.717, 1.165) is 29.4 Å². The summed E-state index contributed by atoms with van der Waals surface area (Å²) in [4.78, 5) is 4.67. The Morgan fingerprint density at radius 2 is 2.11 bits per heavy atom. The van der Waals surface area contributed by atoms with Crippen LogP contribution in [0, 0.1) is 5.92 Å². The largest absolute Gasteiger partial charge is 0.355 e. The molecule has 0 unspecified atom stereocenters. The number of hydrogen-bond acceptors (Lipinski definition) is 3. The van der Waals surface area contributed by atoms with Gasteiger partial charge in [0.05, 0.1) is 15.8 Å². The zero-order chi connectivity index (χ0) is 13.3. The van der Waals surface area contributed by atoms with Crippen molar-refractivity contribution in [3.05, 3.63) is 24.3 Å². The fourth-order valence-electron chi connectivity index (χ4n) is 2.76. The molecule has 1 aliphatic carbocycles. The van der Waals surface area contributed by atoms with Gasteiger partial charge in [-0.25, -0.2) is 4.98 Å². The molecule has 1 aromatic carbocycles. The number of fused-ring (bicyclic) bond motifs is 1. The van der Waals surface area contributed by atoms with E-state index >= 15 is 0 Å². The van der Waals surface area contributed by atoms with Gasteiger partial charge in [-0.3, -0.25) is 0 Å². The van der Waals surface area contributed by atoms with Crippen molar-refractivity contribution in [1.82, 2.24) is 4.98 Å². The molecule has 1 N–H and O–H groups in total. The van der Waals surface area contributed by atoms with Crippen LogP contribution in [0.1, 0.15) is 32.6 Å². The number of aromatic nitrogens is 1. The number of nitrogens with zero attached hydrogens (tertiary/aromatic N) is 1. The van der Waals surface area contributed by atoms with Crippen LogP contribution in [0.15, 0.2) is 24.3 Å². The van der Waals surface area contributed by atoms with E-state index in [1.165, 1.54) is 17.5 Å². The van der Waals surface area contributed by atoms with E-state index in [-0.39, 0.29) is 5.54 Å². The lowest BCUT2D eigenvalue weighted by Gasteiger charge is -2.38. The maximum atomic E-state index is 6.25. The summed E-state index contributed by atoms with van der Waals surface area (Å²) in [6.07, 6.45) is 4.80. The second-order valence-corrected chi connectivity index (χ2v) is 7.01. The fraction of sp³-hybridized carbons (Fsp3) is 0.533. The van der Waals surface area contributed by atoms with Crippen molar-refractivity contribution in [3.8, 4) is 0 Å². The van der Waals surface area contributed by atoms with Crippen LogP contribution < -0.4 is 5.32 Å². The molecule has 4 heteroatoms. The van der Waals surface area contributed by atoms with Gasteiger partial charge in [0.25, 0.3) is 0 Å². The highest BCUT2D eigenvalue weighted by molar-refractivity contribution is 7.22. The van der Waals surface area contributed by atoms with E-state index in [1.807, 2.05) is 6.07 Å². The smallest absolute Gasteiger partial charge is 0.184 e. The first-order chi connectivity index (χ1) is 9.21. The first-order valence-electron chi connectivity index (χ1n) is 6.90. The van der Waals surface area contributed by atoms with Crippen LogP contribution in [0.5, 0.6) is 0 Å². The molecule has 2 aromatic rings. The minimum atomic E-state index is 0.0436. The summed E-state index contributed by atoms with van der Waals surface area (Å²) >= 11 is 7.97. The van der Waals surface area contributed by atoms with E-state index < -0.39 is 0 Å². The Balaban J connectivity index is 1.82. The molecule has 1 saturated carbocycles. The van der Waals surface area contributed by atoms with Gasteiger partial charge in [-0.05, 0) is 43.7 Å². The molecular weight excluding hydrogens is 276 g/mol. The summed E-state index contributed by atoms with van der Waals surface area (Å²) in [6, 6.07) is 8.27. The summed E-state index contributed by atoms with van der Waals surface area (Å²) in [7, 11) is 0. The van der Waals surface area contributed by atoms with Crippen LogP contribution in [0.3, 0.4) is 0 Å². The zero-order valence-electron chi connectivity index (χ0n) is 11.2. The zero-order valence-corrected chi connectivity index (χ0v) is 12.7. The fourth-order valence-corrected chi connectivity index (χ4v) is 4.08. The van der Waals surface area contributed by atoms with Crippen LogP contribution in [0.4, 0.5) is 5.13 Å². The number of benzene rings is 1. The molecular formula is C15H19ClN2S. The molecule has 1 heterocycles. The molecule has 0 amide bonds. The van der Waals surface area contributed by atoms with E-state index in [9.17, 15) is 0 Å². The Bertz CT molecular complexity index is 525. The SMILES string of the molecule is CC1CCC(CCl)(Nc2nc3ccccc3s2)CC1. The summed E-state index contributed by atoms with van der Waals surface area (Å²) in [5.41, 5.74) is 1.12. The minimum absolute atomic E-state index is 0.0436. The van der Waals surface area contributed by atoms with E-state index in [0.29, 0.717) is 5.88 Å². The number of hydrogen-bond donors (Lipinski definition) is 1. The average Bonchev–Trinajstić information content (AvgIpc) is 2.83. The highest BCUT2D eigenvalue weighted by Crippen LogP contribution is 2.37. The van der Waals surface area contributed by atoms with Crippen molar-refractivity contribution in [2.45, 2.75) is 38.1 Å². The van der Waals surface area contributed by atoms with Crippen molar-refractivity contribution in [1.29, 1.82) is 0 Å². The van der Waals surface area contributed by atoms with Crippen LogP contribution in [-0.2, 0) is 0 Å². The second-order valence-electron chi connectivity index (χ2n) is 5.71. The first kappa shape index (κ1) is 13.2. The van der Waals surface area contributed by atoms with Crippen molar-refractivity contribution in [2.75, 3.05) is 11.2 Å². The Hall–Kier alpha value is -0.800. The van der Waals surface area contributed by atoms with Gasteiger partial charge in [-0.1, -0.05) is 30.4 Å². The number of rotatable bonds is 3. The van der Waals surface area contributed by atoms with Gasteiger partial charge < -0.3 is 5.32 Å². The number of halogens is 1. The summed E-state index contributed by atoms with van der Waals surface area (Å²) in [6.45, 7) is 2.33. The molecule has 2 nitrogen and oxygen atoms in total. The van der Waals surface area contributed by atoms with Gasteiger partial charge in [-0.2, -0.15) is 0 Å². The highest BCUT2D eigenvalue weighted by Gasteiger charge is 2.34. The third kappa shape index (κ3) is 2.72. The maximum absolute atomic E-state index is 6.25. The van der Waals surface area contributed by atoms with Crippen LogP contribution in [0.2, 0.25) is 0 Å². The first-order valence-corrected chi connectivity index (χ1v) is 8.26. The van der Waals surface area contributed by atoms with Crippen molar-refractivity contribution < 1.29 is 0 Å². The monoisotopic (exact) mass is 294 g/mol. The quantitative estimate of drug-likeness (QED) is 0.815. The standard InChI is InChI=1S/C15H19ClN2S/c1-11-6-8-15(10-16,9-7-11)18-14-17-12-4-2-3-5-13(12)19-14/h2-5,11H,6-10H2,1H3,(H,17,18). The van der Waals surface area contributed by atoms with Crippen molar-refractivity contribution in [3.63, 3.8) is 0 Å². The van der Waals surface area contributed by atoms with Gasteiger partial charge in [0.1, 0.15) is 0 Å². The van der Waals surface area contributed by atoms with E-state index in [1.54, 1.807) is 11.3 Å². The third-order valence-corrected chi connectivity index (χ3v) is 5.62. The summed E-state index contributed by atoms with van der Waals surface area (Å²) < 4.78 is 1.24.